The van der Waals surface area contributed by atoms with Crippen molar-refractivity contribution in [3.05, 3.63) is 54.1 Å². The fourth-order valence-electron chi connectivity index (χ4n) is 2.66. The second-order valence-electron chi connectivity index (χ2n) is 5.54. The summed E-state index contributed by atoms with van der Waals surface area (Å²) in [5, 5.41) is 17.2. The van der Waals surface area contributed by atoms with Gasteiger partial charge in [0.15, 0.2) is 0 Å². The highest BCUT2D eigenvalue weighted by atomic mass is 16.5. The lowest BCUT2D eigenvalue weighted by molar-refractivity contribution is -0.140. The zero-order chi connectivity index (χ0) is 16.5. The number of benzene rings is 1. The van der Waals surface area contributed by atoms with E-state index in [4.69, 9.17) is 15.3 Å². The minimum Gasteiger partial charge on any atom is -0.426 e. The van der Waals surface area contributed by atoms with Gasteiger partial charge in [-0.05, 0) is 55.9 Å². The highest BCUT2D eigenvalue weighted by Gasteiger charge is 2.26. The molecule has 4 heteroatoms. The molecule has 23 heavy (non-hydrogen) atoms. The van der Waals surface area contributed by atoms with Crippen LogP contribution in [0.5, 0.6) is 5.75 Å². The van der Waals surface area contributed by atoms with E-state index in [0.717, 1.165) is 25.7 Å². The molecule has 0 aromatic heterocycles. The highest BCUT2D eigenvalue weighted by Crippen LogP contribution is 2.30. The fraction of sp³-hybridized carbons (Fsp3) is 0.316. The molecule has 0 amide bonds. The summed E-state index contributed by atoms with van der Waals surface area (Å²) < 4.78 is 5.39. The Balaban J connectivity index is 1.81. The maximum atomic E-state index is 12.2. The van der Waals surface area contributed by atoms with E-state index in [2.05, 4.69) is 6.08 Å². The second kappa shape index (κ2) is 8.56. The van der Waals surface area contributed by atoms with Crippen LogP contribution in [0.1, 0.15) is 31.2 Å². The smallest absolute Gasteiger partial charge is 0.314 e. The lowest BCUT2D eigenvalue weighted by Gasteiger charge is -2.25. The highest BCUT2D eigenvalue weighted by molar-refractivity contribution is 5.75. The van der Waals surface area contributed by atoms with Crippen molar-refractivity contribution in [2.45, 2.75) is 25.7 Å². The van der Waals surface area contributed by atoms with Crippen LogP contribution in [-0.4, -0.2) is 5.97 Å². The van der Waals surface area contributed by atoms with Gasteiger partial charge in [0.2, 0.25) is 0 Å². The molecule has 1 aliphatic rings. The molecular formula is C19H18N2O2. The predicted molar refractivity (Wildman–Crippen MR) is 86.1 cm³/mol. The first kappa shape index (κ1) is 16.5. The molecule has 0 atom stereocenters. The number of esters is 1. The number of hydrogen-bond acceptors (Lipinski definition) is 4. The molecule has 1 aliphatic carbocycles. The number of ether oxygens (including phenoxy) is 1. The van der Waals surface area contributed by atoms with E-state index < -0.39 is 0 Å². The van der Waals surface area contributed by atoms with E-state index in [1.54, 1.807) is 30.3 Å². The van der Waals surface area contributed by atoms with Crippen LogP contribution >= 0.6 is 0 Å². The zero-order valence-electron chi connectivity index (χ0n) is 12.8. The second-order valence-corrected chi connectivity index (χ2v) is 5.54. The monoisotopic (exact) mass is 306 g/mol. The Bertz CT molecular complexity index is 667. The van der Waals surface area contributed by atoms with Crippen LogP contribution in [0.15, 0.2) is 48.6 Å². The molecule has 0 unspecified atom stereocenters. The van der Waals surface area contributed by atoms with Gasteiger partial charge in [-0.1, -0.05) is 18.2 Å². The molecule has 116 valence electrons. The first-order valence-electron chi connectivity index (χ1n) is 7.67. The molecule has 0 radical (unpaired) electrons. The minimum absolute atomic E-state index is 0.0649. The van der Waals surface area contributed by atoms with Crippen LogP contribution in [0.3, 0.4) is 0 Å². The lowest BCUT2D eigenvalue weighted by Crippen LogP contribution is -2.25. The van der Waals surface area contributed by atoms with E-state index >= 15 is 0 Å². The summed E-state index contributed by atoms with van der Waals surface area (Å²) in [4.78, 5) is 12.2. The number of carbonyl (C=O) groups is 1. The summed E-state index contributed by atoms with van der Waals surface area (Å²) in [5.74, 6) is 0.682. The molecule has 0 spiro atoms. The van der Waals surface area contributed by atoms with E-state index in [9.17, 15) is 4.79 Å². The van der Waals surface area contributed by atoms with Gasteiger partial charge < -0.3 is 4.74 Å². The quantitative estimate of drug-likeness (QED) is 0.366. The molecular weight excluding hydrogens is 288 g/mol. The average Bonchev–Trinajstić information content (AvgIpc) is 2.60. The van der Waals surface area contributed by atoms with Crippen LogP contribution in [0.2, 0.25) is 0 Å². The summed E-state index contributed by atoms with van der Waals surface area (Å²) >= 11 is 0. The molecule has 1 aromatic rings. The van der Waals surface area contributed by atoms with E-state index in [0.29, 0.717) is 17.2 Å². The van der Waals surface area contributed by atoms with Gasteiger partial charge in [0.05, 0.1) is 23.6 Å². The van der Waals surface area contributed by atoms with Gasteiger partial charge in [-0.2, -0.15) is 10.5 Å². The number of nitrogens with zero attached hydrogens (tertiary/aromatic N) is 2. The van der Waals surface area contributed by atoms with Gasteiger partial charge >= 0.3 is 5.97 Å². The van der Waals surface area contributed by atoms with Crippen LogP contribution < -0.4 is 4.74 Å². The van der Waals surface area contributed by atoms with Crippen molar-refractivity contribution in [2.24, 2.45) is 11.8 Å². The summed E-state index contributed by atoms with van der Waals surface area (Å²) in [6.45, 7) is 0. The molecule has 0 heterocycles. The first-order valence-corrected chi connectivity index (χ1v) is 7.67. The molecule has 0 saturated heterocycles. The Morgan fingerprint density at radius 2 is 1.78 bits per heavy atom. The topological polar surface area (TPSA) is 73.9 Å². The maximum absolute atomic E-state index is 12.2. The van der Waals surface area contributed by atoms with Gasteiger partial charge in [0.25, 0.3) is 0 Å². The van der Waals surface area contributed by atoms with E-state index in [1.165, 1.54) is 6.08 Å². The summed E-state index contributed by atoms with van der Waals surface area (Å²) in [5.41, 5.74) is 0.544. The largest absolute Gasteiger partial charge is 0.426 e. The van der Waals surface area contributed by atoms with Gasteiger partial charge in [-0.3, -0.25) is 4.79 Å². The van der Waals surface area contributed by atoms with Crippen LogP contribution in [0.25, 0.3) is 0 Å². The molecule has 0 aliphatic heterocycles. The first-order chi connectivity index (χ1) is 11.2. The summed E-state index contributed by atoms with van der Waals surface area (Å²) in [6, 6.07) is 10.5. The maximum Gasteiger partial charge on any atom is 0.314 e. The summed E-state index contributed by atoms with van der Waals surface area (Å²) in [6.07, 6.45) is 10.7. The van der Waals surface area contributed by atoms with Crippen LogP contribution in [-0.2, 0) is 4.79 Å². The third-order valence-corrected chi connectivity index (χ3v) is 3.97. The van der Waals surface area contributed by atoms with E-state index in [-0.39, 0.29) is 11.9 Å². The molecule has 1 fully saturated rings. The third-order valence-electron chi connectivity index (χ3n) is 3.97. The Morgan fingerprint density at radius 1 is 1.09 bits per heavy atom. The van der Waals surface area contributed by atoms with Crippen molar-refractivity contribution in [2.75, 3.05) is 0 Å². The average molecular weight is 306 g/mol. The summed E-state index contributed by atoms with van der Waals surface area (Å²) in [7, 11) is 0. The molecule has 4 nitrogen and oxygen atoms in total. The number of carbonyl (C=O) groups excluding carboxylic acids is 1. The van der Waals surface area contributed by atoms with Gasteiger partial charge in [0, 0.05) is 6.08 Å². The molecule has 0 N–H and O–H groups in total. The molecule has 1 saturated carbocycles. The van der Waals surface area contributed by atoms with Gasteiger partial charge in [0.1, 0.15) is 5.75 Å². The normalized spacial score (nSPS) is 21.0. The Hall–Kier alpha value is -2.85. The molecule has 2 rings (SSSR count). The Labute approximate surface area is 136 Å². The predicted octanol–water partition coefficient (Wildman–Crippen LogP) is 3.91. The van der Waals surface area contributed by atoms with Crippen molar-refractivity contribution >= 4 is 5.97 Å². The minimum atomic E-state index is -0.193. The molecule has 0 bridgehead atoms. The molecule has 1 aromatic carbocycles. The van der Waals surface area contributed by atoms with Crippen LogP contribution in [0.4, 0.5) is 0 Å². The Kier molecular flexibility index (Phi) is 6.15. The lowest BCUT2D eigenvalue weighted by atomic mass is 9.82. The fourth-order valence-corrected chi connectivity index (χ4v) is 2.66. The van der Waals surface area contributed by atoms with Crippen molar-refractivity contribution in [1.82, 2.24) is 0 Å². The number of hydrogen-bond donors (Lipinski definition) is 0. The number of nitriles is 2. The van der Waals surface area contributed by atoms with Crippen molar-refractivity contribution in [1.29, 1.82) is 10.5 Å². The Morgan fingerprint density at radius 3 is 2.39 bits per heavy atom. The van der Waals surface area contributed by atoms with Crippen molar-refractivity contribution in [3.8, 4) is 17.9 Å². The standard InChI is InChI=1S/C19H18N2O2/c20-13-3-1-2-4-15-5-9-17(10-6-15)19(22)23-18-11-7-16(14-21)8-12-18/h1-4,7-8,11-12,15,17H,5-6,9-10H2/t15-,17-. The SMILES string of the molecule is N#CC=CC=C[C@H]1CC[C@H](C(=O)Oc2ccc(C#N)cc2)CC1. The van der Waals surface area contributed by atoms with Crippen LogP contribution in [0, 0.1) is 34.5 Å². The number of allylic oxidation sites excluding steroid dienone is 4. The number of rotatable bonds is 4. The zero-order valence-corrected chi connectivity index (χ0v) is 12.8. The van der Waals surface area contributed by atoms with Gasteiger partial charge in [-0.15, -0.1) is 0 Å². The van der Waals surface area contributed by atoms with Crippen molar-refractivity contribution in [3.63, 3.8) is 0 Å². The third kappa shape index (κ3) is 5.13. The van der Waals surface area contributed by atoms with Crippen molar-refractivity contribution < 1.29 is 9.53 Å². The van der Waals surface area contributed by atoms with Gasteiger partial charge in [-0.25, -0.2) is 0 Å². The van der Waals surface area contributed by atoms with E-state index in [1.807, 2.05) is 18.2 Å².